The maximum Gasteiger partial charge on any atom is 0.200 e. The number of halogens is 1. The number of anilines is 1. The zero-order valence-electron chi connectivity index (χ0n) is 21.7. The Hall–Kier alpha value is -3.65. The molecule has 0 radical (unpaired) electrons. The van der Waals surface area contributed by atoms with E-state index in [9.17, 15) is 9.59 Å². The van der Waals surface area contributed by atoms with E-state index in [0.29, 0.717) is 35.5 Å². The van der Waals surface area contributed by atoms with Gasteiger partial charge in [0.25, 0.3) is 0 Å². The van der Waals surface area contributed by atoms with Crippen molar-refractivity contribution in [2.75, 3.05) is 38.8 Å². The average molecular weight is 518 g/mol. The third kappa shape index (κ3) is 4.36. The fourth-order valence-corrected chi connectivity index (χ4v) is 5.95. The topological polar surface area (TPSA) is 72.8 Å². The number of rotatable bonds is 7. The van der Waals surface area contributed by atoms with Gasteiger partial charge in [-0.25, -0.2) is 4.39 Å². The number of hydrogen-bond acceptors (Lipinski definition) is 6. The van der Waals surface area contributed by atoms with E-state index in [0.717, 1.165) is 50.1 Å². The van der Waals surface area contributed by atoms with Crippen molar-refractivity contribution < 1.29 is 18.7 Å². The molecule has 3 aromatic rings. The molecule has 2 atom stereocenters. The van der Waals surface area contributed by atoms with E-state index in [1.807, 2.05) is 16.7 Å². The van der Waals surface area contributed by atoms with Crippen LogP contribution in [0.1, 0.15) is 47.6 Å². The fourth-order valence-electron chi connectivity index (χ4n) is 5.95. The summed E-state index contributed by atoms with van der Waals surface area (Å²) >= 11 is 0. The molecule has 3 fully saturated rings. The molecule has 1 saturated carbocycles. The summed E-state index contributed by atoms with van der Waals surface area (Å²) in [4.78, 5) is 28.8. The van der Waals surface area contributed by atoms with E-state index in [2.05, 4.69) is 10.2 Å². The number of ketones is 1. The highest BCUT2D eigenvalue weighted by atomic mass is 19.1. The van der Waals surface area contributed by atoms with E-state index in [1.165, 1.54) is 19.3 Å². The number of ether oxygens (including phenoxy) is 2. The molecule has 0 spiro atoms. The van der Waals surface area contributed by atoms with Crippen LogP contribution in [0.25, 0.3) is 17.0 Å². The maximum atomic E-state index is 15.8. The normalized spacial score (nSPS) is 21.2. The van der Waals surface area contributed by atoms with E-state index >= 15 is 4.39 Å². The first-order valence-corrected chi connectivity index (χ1v) is 13.3. The van der Waals surface area contributed by atoms with Gasteiger partial charge in [0.1, 0.15) is 11.4 Å². The minimum atomic E-state index is -0.495. The number of aromatic nitrogens is 1. The van der Waals surface area contributed by atoms with E-state index < -0.39 is 17.0 Å². The van der Waals surface area contributed by atoms with Gasteiger partial charge in [0, 0.05) is 31.4 Å². The molecule has 6 rings (SSSR count). The van der Waals surface area contributed by atoms with Crippen molar-refractivity contribution in [2.45, 2.75) is 37.8 Å². The van der Waals surface area contributed by atoms with Crippen molar-refractivity contribution in [3.8, 4) is 11.5 Å². The van der Waals surface area contributed by atoms with Gasteiger partial charge in [-0.05, 0) is 68.0 Å². The summed E-state index contributed by atoms with van der Waals surface area (Å²) in [7, 11) is 3.12. The Labute approximate surface area is 220 Å². The molecule has 1 N–H and O–H groups in total. The van der Waals surface area contributed by atoms with Crippen molar-refractivity contribution in [1.29, 1.82) is 0 Å². The molecule has 8 heteroatoms. The van der Waals surface area contributed by atoms with Crippen molar-refractivity contribution >= 4 is 28.4 Å². The van der Waals surface area contributed by atoms with Gasteiger partial charge in [0.2, 0.25) is 5.43 Å². The van der Waals surface area contributed by atoms with E-state index in [1.54, 1.807) is 31.5 Å². The quantitative estimate of drug-likeness (QED) is 0.366. The Morgan fingerprint density at radius 2 is 1.89 bits per heavy atom. The molecule has 38 heavy (non-hydrogen) atoms. The number of pyridine rings is 1. The number of allylic oxidation sites excluding steroid dienone is 1. The molecule has 0 bridgehead atoms. The van der Waals surface area contributed by atoms with Crippen molar-refractivity contribution in [2.24, 2.45) is 5.92 Å². The van der Waals surface area contributed by atoms with Crippen LogP contribution in [0.3, 0.4) is 0 Å². The number of methoxy groups -OCH3 is 2. The standard InChI is InChI=1S/C30H32FN3O4/c1-37-21-10-5-18(6-11-21)7-12-26(35)23-16-34(20-8-9-20)27-22(29(23)36)14-24(31)28(30(27)38-2)33-15-19-4-3-13-32-25(19)17-33/h5-7,10-12,14,16,19-20,25,32H,3-4,8-9,13,15,17H2,1-2H3/b12-7+. The molecule has 7 nitrogen and oxygen atoms in total. The SMILES string of the molecule is COc1ccc(/C=C/C(=O)c2cn(C3CC3)c3c(OC)c(N4CC5CCCNC5C4)c(F)cc3c2=O)cc1. The first-order chi connectivity index (χ1) is 18.5. The monoisotopic (exact) mass is 517 g/mol. The molecule has 0 amide bonds. The molecule has 3 aliphatic rings. The lowest BCUT2D eigenvalue weighted by Crippen LogP contribution is -2.40. The van der Waals surface area contributed by atoms with Crippen LogP contribution in [0.2, 0.25) is 0 Å². The average Bonchev–Trinajstić information content (AvgIpc) is 3.69. The fraction of sp³-hybridized carbons (Fsp3) is 0.400. The second-order valence-corrected chi connectivity index (χ2v) is 10.5. The maximum absolute atomic E-state index is 15.8. The lowest BCUT2D eigenvalue weighted by molar-refractivity contribution is 0.104. The highest BCUT2D eigenvalue weighted by molar-refractivity contribution is 6.08. The van der Waals surface area contributed by atoms with Crippen LogP contribution >= 0.6 is 0 Å². The second-order valence-electron chi connectivity index (χ2n) is 10.5. The lowest BCUT2D eigenvalue weighted by atomic mass is 9.94. The van der Waals surface area contributed by atoms with Gasteiger partial charge in [-0.2, -0.15) is 0 Å². The third-order valence-electron chi connectivity index (χ3n) is 8.07. The molecular weight excluding hydrogens is 485 g/mol. The van der Waals surface area contributed by atoms with Gasteiger partial charge in [0.15, 0.2) is 17.3 Å². The Morgan fingerprint density at radius 3 is 2.58 bits per heavy atom. The second kappa shape index (κ2) is 9.91. The number of hydrogen-bond donors (Lipinski definition) is 1. The molecule has 3 heterocycles. The summed E-state index contributed by atoms with van der Waals surface area (Å²) in [6, 6.07) is 9.04. The van der Waals surface area contributed by atoms with Crippen LogP contribution in [-0.4, -0.2) is 50.2 Å². The van der Waals surface area contributed by atoms with Crippen LogP contribution in [0, 0.1) is 11.7 Å². The highest BCUT2D eigenvalue weighted by Gasteiger charge is 2.38. The van der Waals surface area contributed by atoms with Crippen LogP contribution in [0.15, 0.2) is 47.4 Å². The largest absolute Gasteiger partial charge is 0.497 e. The van der Waals surface area contributed by atoms with Crippen molar-refractivity contribution in [1.82, 2.24) is 9.88 Å². The summed E-state index contributed by atoms with van der Waals surface area (Å²) < 4.78 is 28.7. The highest BCUT2D eigenvalue weighted by Crippen LogP contribution is 2.45. The molecule has 2 aliphatic heterocycles. The number of piperidine rings is 1. The zero-order chi connectivity index (χ0) is 26.4. The van der Waals surface area contributed by atoms with Crippen LogP contribution < -0.4 is 25.1 Å². The summed E-state index contributed by atoms with van der Waals surface area (Å²) in [6.07, 6.45) is 8.80. The molecule has 1 aliphatic carbocycles. The molecule has 2 aromatic carbocycles. The Morgan fingerprint density at radius 1 is 1.11 bits per heavy atom. The number of fused-ring (bicyclic) bond motifs is 2. The summed E-state index contributed by atoms with van der Waals surface area (Å²) in [6.45, 7) is 2.43. The molecular formula is C30H32FN3O4. The number of nitrogens with zero attached hydrogens (tertiary/aromatic N) is 2. The molecule has 2 unspecified atom stereocenters. The Balaban J connectivity index is 1.42. The number of carbonyl (C=O) groups is 1. The first kappa shape index (κ1) is 24.7. The predicted molar refractivity (Wildman–Crippen MR) is 146 cm³/mol. The van der Waals surface area contributed by atoms with Gasteiger partial charge in [-0.3, -0.25) is 9.59 Å². The Kier molecular flexibility index (Phi) is 6.43. The van der Waals surface area contributed by atoms with Gasteiger partial charge in [-0.1, -0.05) is 18.2 Å². The minimum absolute atomic E-state index is 0.0276. The van der Waals surface area contributed by atoms with Crippen molar-refractivity contribution in [3.05, 3.63) is 69.8 Å². The van der Waals surface area contributed by atoms with Crippen molar-refractivity contribution in [3.63, 3.8) is 0 Å². The van der Waals surface area contributed by atoms with E-state index in [4.69, 9.17) is 9.47 Å². The molecule has 1 aromatic heterocycles. The lowest BCUT2D eigenvalue weighted by Gasteiger charge is -2.25. The predicted octanol–water partition coefficient (Wildman–Crippen LogP) is 4.58. The molecule has 2 saturated heterocycles. The van der Waals surface area contributed by atoms with Gasteiger partial charge >= 0.3 is 0 Å². The summed E-state index contributed by atoms with van der Waals surface area (Å²) in [5.74, 6) is 0.641. The van der Waals surface area contributed by atoms with Crippen LogP contribution in [-0.2, 0) is 0 Å². The summed E-state index contributed by atoms with van der Waals surface area (Å²) in [5, 5.41) is 3.74. The van der Waals surface area contributed by atoms with E-state index in [-0.39, 0.29) is 17.0 Å². The third-order valence-corrected chi connectivity index (χ3v) is 8.07. The van der Waals surface area contributed by atoms with Gasteiger partial charge in [-0.15, -0.1) is 0 Å². The number of nitrogens with one attached hydrogen (secondary N) is 1. The minimum Gasteiger partial charge on any atom is -0.497 e. The number of benzene rings is 2. The first-order valence-electron chi connectivity index (χ1n) is 13.3. The van der Waals surface area contributed by atoms with Crippen LogP contribution in [0.5, 0.6) is 11.5 Å². The van der Waals surface area contributed by atoms with Gasteiger partial charge < -0.3 is 24.3 Å². The smallest absolute Gasteiger partial charge is 0.200 e. The zero-order valence-corrected chi connectivity index (χ0v) is 21.7. The van der Waals surface area contributed by atoms with Crippen LogP contribution in [0.4, 0.5) is 10.1 Å². The number of carbonyl (C=O) groups excluding carboxylic acids is 1. The molecule has 198 valence electrons. The summed E-state index contributed by atoms with van der Waals surface area (Å²) in [5.41, 5.74) is 1.32. The van der Waals surface area contributed by atoms with Gasteiger partial charge in [0.05, 0.1) is 30.7 Å². The Bertz CT molecular complexity index is 1460.